The third kappa shape index (κ3) is 101. The molecule has 0 aromatic heterocycles. The van der Waals surface area contributed by atoms with E-state index in [0.29, 0.717) is 0 Å². The SMILES string of the molecule is [Cr].[Cr].[Cr].[N-3].[N-3].[N-3].[N-3].[Ti+4].[Ti+4].[Ti+4]. The van der Waals surface area contributed by atoms with Crippen molar-refractivity contribution in [2.45, 2.75) is 0 Å². The summed E-state index contributed by atoms with van der Waals surface area (Å²) < 4.78 is 0. The summed E-state index contributed by atoms with van der Waals surface area (Å²) in [5, 5.41) is 0. The van der Waals surface area contributed by atoms with Crippen molar-refractivity contribution in [3.63, 3.8) is 0 Å². The van der Waals surface area contributed by atoms with Gasteiger partial charge in [0.05, 0.1) is 0 Å². The summed E-state index contributed by atoms with van der Waals surface area (Å²) in [7, 11) is 0. The Morgan fingerprint density at radius 3 is 0.300 bits per heavy atom. The molecule has 0 aliphatic carbocycles. The van der Waals surface area contributed by atoms with Crippen molar-refractivity contribution in [3.05, 3.63) is 24.6 Å². The molecule has 10 heavy (non-hydrogen) atoms. The van der Waals surface area contributed by atoms with Crippen LogP contribution in [-0.4, -0.2) is 0 Å². The summed E-state index contributed by atoms with van der Waals surface area (Å²) >= 11 is 0. The summed E-state index contributed by atoms with van der Waals surface area (Å²) in [6, 6.07) is 0. The molecule has 0 aromatic carbocycles. The maximum atomic E-state index is 0. The van der Waals surface area contributed by atoms with E-state index >= 15 is 0 Å². The molecular weight excluding hydrogens is 356 g/mol. The van der Waals surface area contributed by atoms with Gasteiger partial charge >= 0.3 is 65.2 Å². The molecule has 0 bridgehead atoms. The third-order valence-corrected chi connectivity index (χ3v) is 0. The Bertz CT molecular complexity index is 15.7. The first kappa shape index (κ1) is 168. The number of nitrogens with zero attached hydrogens (tertiary/aromatic N) is 4. The minimum atomic E-state index is 0. The quantitative estimate of drug-likeness (QED) is 0.578. The fourth-order valence-corrected chi connectivity index (χ4v) is 0. The van der Waals surface area contributed by atoms with Crippen molar-refractivity contribution in [2.24, 2.45) is 0 Å². The van der Waals surface area contributed by atoms with Crippen LogP contribution in [0.4, 0.5) is 0 Å². The van der Waals surface area contributed by atoms with Gasteiger partial charge in [-0.3, -0.25) is 0 Å². The van der Waals surface area contributed by atoms with E-state index in [9.17, 15) is 0 Å². The van der Waals surface area contributed by atoms with Crippen LogP contribution < -0.4 is 0 Å². The van der Waals surface area contributed by atoms with Gasteiger partial charge in [-0.05, 0) is 0 Å². The summed E-state index contributed by atoms with van der Waals surface area (Å²) in [4.78, 5) is 0. The minimum absolute atomic E-state index is 0. The van der Waals surface area contributed by atoms with Gasteiger partial charge in [-0.2, -0.15) is 0 Å². The van der Waals surface area contributed by atoms with Gasteiger partial charge in [-0.15, -0.1) is 0 Å². The van der Waals surface area contributed by atoms with Crippen LogP contribution in [-0.2, 0) is 117 Å². The molecule has 0 rings (SSSR count). The van der Waals surface area contributed by atoms with E-state index < -0.39 is 0 Å². The van der Waals surface area contributed by atoms with Crippen molar-refractivity contribution >= 4 is 0 Å². The van der Waals surface area contributed by atoms with Crippen LogP contribution in [0.25, 0.3) is 24.6 Å². The van der Waals surface area contributed by atoms with Crippen LogP contribution in [0.2, 0.25) is 0 Å². The van der Waals surface area contributed by atoms with Gasteiger partial charge in [0.1, 0.15) is 0 Å². The van der Waals surface area contributed by atoms with E-state index in [1.807, 2.05) is 0 Å². The topological polar surface area (TPSA) is 122 Å². The molecule has 0 aliphatic rings. The smallest absolute Gasteiger partial charge is 3.00 e. The summed E-state index contributed by atoms with van der Waals surface area (Å²) in [6.07, 6.45) is 0. The Hall–Kier alpha value is 3.58. The van der Waals surface area contributed by atoms with Crippen molar-refractivity contribution < 1.29 is 117 Å². The normalized spacial score (nSPS) is 0. The molecule has 0 saturated carbocycles. The van der Waals surface area contributed by atoms with Gasteiger partial charge in [0, 0.05) is 52.1 Å². The average Bonchev–Trinajstić information content (AvgIpc) is 0. The molecule has 10 heteroatoms. The average molecular weight is 356 g/mol. The summed E-state index contributed by atoms with van der Waals surface area (Å²) in [6.45, 7) is 0. The minimum Gasteiger partial charge on any atom is -3.00 e. The molecule has 0 unspecified atom stereocenters. The standard InChI is InChI=1S/3Cr.4N.3Ti/q;;;4*-3;3*+4. The third-order valence-electron chi connectivity index (χ3n) is 0. The van der Waals surface area contributed by atoms with Gasteiger partial charge in [-0.1, -0.05) is 0 Å². The monoisotopic (exact) mass is 356 g/mol. The van der Waals surface area contributed by atoms with Gasteiger partial charge < -0.3 is 24.6 Å². The molecule has 0 heterocycles. The van der Waals surface area contributed by atoms with Crippen LogP contribution in [0.1, 0.15) is 0 Å². The maximum Gasteiger partial charge on any atom is 4.00 e. The van der Waals surface area contributed by atoms with Crippen molar-refractivity contribution in [2.75, 3.05) is 0 Å². The summed E-state index contributed by atoms with van der Waals surface area (Å²) in [5.41, 5.74) is 0. The van der Waals surface area contributed by atoms with Gasteiger partial charge in [-0.25, -0.2) is 0 Å². The molecule has 0 amide bonds. The zero-order valence-electron chi connectivity index (χ0n) is 4.51. The molecule has 4 nitrogen and oxygen atoms in total. The number of rotatable bonds is 0. The molecular formula is Cr3N4Ti3. The first-order valence-electron chi connectivity index (χ1n) is 0. The first-order chi connectivity index (χ1) is 0. The van der Waals surface area contributed by atoms with Crippen molar-refractivity contribution in [1.29, 1.82) is 0 Å². The largest absolute Gasteiger partial charge is 4.00 e. The van der Waals surface area contributed by atoms with E-state index in [4.69, 9.17) is 0 Å². The van der Waals surface area contributed by atoms with Crippen LogP contribution in [0.3, 0.4) is 0 Å². The molecule has 0 fully saturated rings. The van der Waals surface area contributed by atoms with Crippen LogP contribution in [0, 0.1) is 0 Å². The maximum absolute atomic E-state index is 0. The Labute approximate surface area is 140 Å². The van der Waals surface area contributed by atoms with Crippen LogP contribution in [0.15, 0.2) is 0 Å². The first-order valence-corrected chi connectivity index (χ1v) is 0. The molecule has 0 aromatic rings. The van der Waals surface area contributed by atoms with Gasteiger partial charge in [0.2, 0.25) is 0 Å². The fraction of sp³-hybridized carbons (Fsp3) is 0. The zero-order chi connectivity index (χ0) is 0. The predicted octanol–water partition coefficient (Wildman–Crippen LogP) is 1.14. The second-order valence-electron chi connectivity index (χ2n) is 0. The van der Waals surface area contributed by atoms with E-state index in [-0.39, 0.29) is 142 Å². The van der Waals surface area contributed by atoms with E-state index in [1.165, 1.54) is 0 Å². The predicted molar refractivity (Wildman–Crippen MR) is 13.4 cm³/mol. The second-order valence-corrected chi connectivity index (χ2v) is 0. The van der Waals surface area contributed by atoms with Crippen molar-refractivity contribution in [1.82, 2.24) is 0 Å². The molecule has 0 spiro atoms. The number of hydrogen-bond acceptors (Lipinski definition) is 0. The van der Waals surface area contributed by atoms with Crippen LogP contribution >= 0.6 is 0 Å². The molecule has 0 radical (unpaired) electrons. The van der Waals surface area contributed by atoms with Gasteiger partial charge in [0.25, 0.3) is 0 Å². The Kier molecular flexibility index (Phi) is 2210. The Morgan fingerprint density at radius 1 is 0.300 bits per heavy atom. The van der Waals surface area contributed by atoms with Crippen LogP contribution in [0.5, 0.6) is 0 Å². The van der Waals surface area contributed by atoms with E-state index in [1.54, 1.807) is 0 Å². The molecule has 0 aliphatic heterocycles. The molecule has 0 N–H and O–H groups in total. The van der Waals surface area contributed by atoms with E-state index in [0.717, 1.165) is 0 Å². The van der Waals surface area contributed by atoms with Crippen molar-refractivity contribution in [3.8, 4) is 0 Å². The summed E-state index contributed by atoms with van der Waals surface area (Å²) in [5.74, 6) is 0. The molecule has 0 atom stereocenters. The molecule has 0 saturated heterocycles. The Balaban J connectivity index is 0. The van der Waals surface area contributed by atoms with E-state index in [2.05, 4.69) is 0 Å². The number of hydrogen-bond donors (Lipinski definition) is 0. The Morgan fingerprint density at radius 2 is 0.300 bits per heavy atom. The fourth-order valence-electron chi connectivity index (χ4n) is 0. The molecule has 50 valence electrons. The van der Waals surface area contributed by atoms with Gasteiger partial charge in [0.15, 0.2) is 0 Å². The zero-order valence-corrected chi connectivity index (χ0v) is 13.0. The second kappa shape index (κ2) is 132.